The number of nitriles is 1. The highest BCUT2D eigenvalue weighted by Crippen LogP contribution is 2.26. The average Bonchev–Trinajstić information content (AvgIpc) is 2.92. The van der Waals surface area contributed by atoms with E-state index < -0.39 is 5.60 Å². The third-order valence-electron chi connectivity index (χ3n) is 3.07. The summed E-state index contributed by atoms with van der Waals surface area (Å²) < 4.78 is 11.9. The summed E-state index contributed by atoms with van der Waals surface area (Å²) in [6.07, 6.45) is 0.359. The molecule has 7 heteroatoms. The number of fused-ring (bicyclic) bond motifs is 1. The lowest BCUT2D eigenvalue weighted by Gasteiger charge is -2.24. The Hall–Kier alpha value is -2.33. The number of hydrogen-bond acceptors (Lipinski definition) is 6. The van der Waals surface area contributed by atoms with Gasteiger partial charge in [0.2, 0.25) is 0 Å². The van der Waals surface area contributed by atoms with Crippen LogP contribution in [0.5, 0.6) is 5.75 Å². The van der Waals surface area contributed by atoms with Crippen LogP contribution < -0.4 is 4.74 Å². The molecule has 2 rings (SSSR count). The number of nitrogens with zero attached hydrogens (tertiary/aromatic N) is 3. The normalized spacial score (nSPS) is 11.1. The summed E-state index contributed by atoms with van der Waals surface area (Å²) in [5.41, 5.74) is 0.308. The van der Waals surface area contributed by atoms with Crippen molar-refractivity contribution >= 4 is 27.6 Å². The van der Waals surface area contributed by atoms with E-state index in [0.29, 0.717) is 24.6 Å². The van der Waals surface area contributed by atoms with Crippen LogP contribution in [0.2, 0.25) is 0 Å². The molecule has 1 aromatic heterocycles. The Kier molecular flexibility index (Phi) is 5.62. The molecular weight excluding hydrogens is 326 g/mol. The zero-order chi connectivity index (χ0) is 17.7. The van der Waals surface area contributed by atoms with Crippen molar-refractivity contribution in [3.8, 4) is 11.8 Å². The Morgan fingerprint density at radius 3 is 2.83 bits per heavy atom. The molecule has 0 aliphatic carbocycles. The Bertz CT molecular complexity index is 759. The summed E-state index contributed by atoms with van der Waals surface area (Å²) in [6.45, 7) is 6.57. The van der Waals surface area contributed by atoms with Crippen LogP contribution in [0.25, 0.3) is 10.2 Å². The molecular formula is C17H21N3O3S. The Morgan fingerprint density at radius 2 is 2.17 bits per heavy atom. The molecule has 0 fully saturated rings. The van der Waals surface area contributed by atoms with Gasteiger partial charge < -0.3 is 14.4 Å². The van der Waals surface area contributed by atoms with Gasteiger partial charge in [0, 0.05) is 13.6 Å². The molecule has 2 aromatic rings. The second-order valence-corrected chi connectivity index (χ2v) is 7.39. The Balaban J connectivity index is 1.80. The maximum absolute atomic E-state index is 11.8. The molecule has 0 N–H and O–H groups in total. The Labute approximate surface area is 145 Å². The predicted molar refractivity (Wildman–Crippen MR) is 93.3 cm³/mol. The second kappa shape index (κ2) is 7.49. The lowest BCUT2D eigenvalue weighted by molar-refractivity contribution is 0.0292. The first kappa shape index (κ1) is 18.0. The van der Waals surface area contributed by atoms with E-state index in [4.69, 9.17) is 14.7 Å². The van der Waals surface area contributed by atoms with Gasteiger partial charge in [0.15, 0.2) is 5.01 Å². The minimum atomic E-state index is -0.492. The van der Waals surface area contributed by atoms with Crippen LogP contribution in [0.15, 0.2) is 18.2 Å². The van der Waals surface area contributed by atoms with E-state index in [2.05, 4.69) is 4.98 Å². The SMILES string of the molecule is CN(CCCOc1ccc2nc(C#N)sc2c1)C(=O)OC(C)(C)C. The summed E-state index contributed by atoms with van der Waals surface area (Å²) in [7, 11) is 1.71. The standard InChI is InChI=1S/C17H21N3O3S/c1-17(2,3)23-16(21)20(4)8-5-9-22-12-6-7-13-14(10-12)24-15(11-18)19-13/h6-7,10H,5,8-9H2,1-4H3. The number of ether oxygens (including phenoxy) is 2. The molecule has 6 nitrogen and oxygen atoms in total. The molecule has 24 heavy (non-hydrogen) atoms. The molecule has 0 spiro atoms. The third-order valence-corrected chi connectivity index (χ3v) is 3.99. The molecule has 0 aliphatic heterocycles. The molecule has 0 unspecified atom stereocenters. The highest BCUT2D eigenvalue weighted by atomic mass is 32.1. The van der Waals surface area contributed by atoms with Gasteiger partial charge in [-0.25, -0.2) is 9.78 Å². The van der Waals surface area contributed by atoms with Crippen molar-refractivity contribution < 1.29 is 14.3 Å². The van der Waals surface area contributed by atoms with Crippen LogP contribution in [0.3, 0.4) is 0 Å². The monoisotopic (exact) mass is 347 g/mol. The van der Waals surface area contributed by atoms with Crippen molar-refractivity contribution in [2.45, 2.75) is 32.8 Å². The fraction of sp³-hybridized carbons (Fsp3) is 0.471. The molecule has 1 heterocycles. The van der Waals surface area contributed by atoms with Crippen molar-refractivity contribution in [2.75, 3.05) is 20.2 Å². The number of hydrogen-bond donors (Lipinski definition) is 0. The van der Waals surface area contributed by atoms with E-state index in [1.54, 1.807) is 11.9 Å². The van der Waals surface area contributed by atoms with Crippen LogP contribution >= 0.6 is 11.3 Å². The van der Waals surface area contributed by atoms with Crippen molar-refractivity contribution in [1.82, 2.24) is 9.88 Å². The van der Waals surface area contributed by atoms with Crippen LogP contribution in [0, 0.1) is 11.3 Å². The van der Waals surface area contributed by atoms with Crippen LogP contribution in [-0.4, -0.2) is 41.8 Å². The molecule has 0 saturated carbocycles. The molecule has 0 atom stereocenters. The van der Waals surface area contributed by atoms with Crippen LogP contribution in [-0.2, 0) is 4.74 Å². The van der Waals surface area contributed by atoms with E-state index in [0.717, 1.165) is 16.0 Å². The summed E-state index contributed by atoms with van der Waals surface area (Å²) in [5.74, 6) is 0.732. The summed E-state index contributed by atoms with van der Waals surface area (Å²) in [5, 5.41) is 9.32. The smallest absolute Gasteiger partial charge is 0.410 e. The van der Waals surface area contributed by atoms with E-state index in [9.17, 15) is 4.79 Å². The van der Waals surface area contributed by atoms with Crippen molar-refractivity contribution in [1.29, 1.82) is 5.26 Å². The molecule has 1 amide bonds. The van der Waals surface area contributed by atoms with E-state index in [-0.39, 0.29) is 6.09 Å². The minimum Gasteiger partial charge on any atom is -0.493 e. The maximum atomic E-state index is 11.8. The predicted octanol–water partition coefficient (Wildman–Crippen LogP) is 3.80. The van der Waals surface area contributed by atoms with Crippen molar-refractivity contribution in [3.63, 3.8) is 0 Å². The number of benzene rings is 1. The van der Waals surface area contributed by atoms with Gasteiger partial charge in [-0.05, 0) is 45.4 Å². The number of amides is 1. The van der Waals surface area contributed by atoms with Crippen molar-refractivity contribution in [2.24, 2.45) is 0 Å². The largest absolute Gasteiger partial charge is 0.493 e. The van der Waals surface area contributed by atoms with Gasteiger partial charge in [0.1, 0.15) is 17.4 Å². The third kappa shape index (κ3) is 5.10. The van der Waals surface area contributed by atoms with Crippen molar-refractivity contribution in [3.05, 3.63) is 23.2 Å². The van der Waals surface area contributed by atoms with Gasteiger partial charge >= 0.3 is 6.09 Å². The highest BCUT2D eigenvalue weighted by molar-refractivity contribution is 7.19. The lowest BCUT2D eigenvalue weighted by Crippen LogP contribution is -2.35. The van der Waals surface area contributed by atoms with Crippen LogP contribution in [0.4, 0.5) is 4.79 Å². The quantitative estimate of drug-likeness (QED) is 0.769. The molecule has 0 radical (unpaired) electrons. The number of thiazole rings is 1. The first-order chi connectivity index (χ1) is 11.3. The number of aromatic nitrogens is 1. The summed E-state index contributed by atoms with van der Waals surface area (Å²) in [6, 6.07) is 7.60. The number of carbonyl (C=O) groups excluding carboxylic acids is 1. The second-order valence-electron chi connectivity index (χ2n) is 6.36. The molecule has 0 aliphatic rings. The minimum absolute atomic E-state index is 0.336. The summed E-state index contributed by atoms with van der Waals surface area (Å²) in [4.78, 5) is 17.6. The first-order valence-electron chi connectivity index (χ1n) is 7.66. The zero-order valence-electron chi connectivity index (χ0n) is 14.3. The van der Waals surface area contributed by atoms with E-state index in [1.807, 2.05) is 45.0 Å². The van der Waals surface area contributed by atoms with Gasteiger partial charge in [-0.1, -0.05) is 0 Å². The summed E-state index contributed by atoms with van der Waals surface area (Å²) >= 11 is 1.34. The maximum Gasteiger partial charge on any atom is 0.410 e. The number of carbonyl (C=O) groups is 1. The zero-order valence-corrected chi connectivity index (χ0v) is 15.1. The van der Waals surface area contributed by atoms with Gasteiger partial charge in [0.25, 0.3) is 0 Å². The first-order valence-corrected chi connectivity index (χ1v) is 8.48. The highest BCUT2D eigenvalue weighted by Gasteiger charge is 2.19. The fourth-order valence-electron chi connectivity index (χ4n) is 1.97. The van der Waals surface area contributed by atoms with Gasteiger partial charge in [0.05, 0.1) is 16.8 Å². The van der Waals surface area contributed by atoms with Gasteiger partial charge in [-0.15, -0.1) is 11.3 Å². The van der Waals surface area contributed by atoms with Gasteiger partial charge in [-0.2, -0.15) is 5.26 Å². The van der Waals surface area contributed by atoms with Gasteiger partial charge in [-0.3, -0.25) is 0 Å². The molecule has 0 saturated heterocycles. The average molecular weight is 347 g/mol. The van der Waals surface area contributed by atoms with Crippen LogP contribution in [0.1, 0.15) is 32.2 Å². The molecule has 0 bridgehead atoms. The number of rotatable bonds is 5. The fourth-order valence-corrected chi connectivity index (χ4v) is 2.76. The molecule has 1 aromatic carbocycles. The Morgan fingerprint density at radius 1 is 1.42 bits per heavy atom. The van der Waals surface area contributed by atoms with E-state index in [1.165, 1.54) is 11.3 Å². The van der Waals surface area contributed by atoms with E-state index >= 15 is 0 Å². The topological polar surface area (TPSA) is 75.5 Å². The lowest BCUT2D eigenvalue weighted by atomic mass is 10.2. The molecule has 128 valence electrons.